The van der Waals surface area contributed by atoms with Gasteiger partial charge in [-0.3, -0.25) is 4.79 Å². The molecule has 1 N–H and O–H groups in total. The largest absolute Gasteiger partial charge is 0.456 e. The number of fused-ring (bicyclic) bond motifs is 5. The lowest BCUT2D eigenvalue weighted by molar-refractivity contribution is -0.365. The summed E-state index contributed by atoms with van der Waals surface area (Å²) in [5, 5.41) is 11.3. The maximum absolute atomic E-state index is 14.6. The van der Waals surface area contributed by atoms with Crippen LogP contribution in [0.3, 0.4) is 0 Å². The summed E-state index contributed by atoms with van der Waals surface area (Å²) in [5.41, 5.74) is -3.57. The molecule has 164 valence electrons. The molecule has 0 bridgehead atoms. The van der Waals surface area contributed by atoms with Crippen molar-refractivity contribution < 1.29 is 31.9 Å². The zero-order valence-electron chi connectivity index (χ0n) is 16.3. The Balaban J connectivity index is 1.71. The van der Waals surface area contributed by atoms with Crippen LogP contribution in [-0.2, 0) is 4.79 Å². The number of hydrogen-bond acceptors (Lipinski definition) is 2. The van der Waals surface area contributed by atoms with E-state index in [4.69, 9.17) is 11.6 Å². The minimum Gasteiger partial charge on any atom is -0.383 e. The summed E-state index contributed by atoms with van der Waals surface area (Å²) in [4.78, 5) is 12.0. The number of alkyl halides is 5. The van der Waals surface area contributed by atoms with E-state index < -0.39 is 29.5 Å². The zero-order valence-corrected chi connectivity index (χ0v) is 17.1. The molecule has 0 spiro atoms. The summed E-state index contributed by atoms with van der Waals surface area (Å²) in [6.45, 7) is 1.63. The van der Waals surface area contributed by atoms with Crippen LogP contribution in [0.1, 0.15) is 64.7 Å². The summed E-state index contributed by atoms with van der Waals surface area (Å²) >= 11 is 6.26. The molecule has 4 aliphatic carbocycles. The summed E-state index contributed by atoms with van der Waals surface area (Å²) in [7, 11) is 0. The van der Waals surface area contributed by atoms with Crippen molar-refractivity contribution in [3.05, 3.63) is 10.6 Å². The molecule has 3 fully saturated rings. The predicted octanol–water partition coefficient (Wildman–Crippen LogP) is 6.01. The van der Waals surface area contributed by atoms with Gasteiger partial charge in [0.2, 0.25) is 0 Å². The second-order valence-corrected chi connectivity index (χ2v) is 9.78. The summed E-state index contributed by atoms with van der Waals surface area (Å²) in [6.07, 6.45) is -3.18. The van der Waals surface area contributed by atoms with Crippen LogP contribution in [0.5, 0.6) is 0 Å². The third-order valence-corrected chi connectivity index (χ3v) is 9.22. The molecule has 4 rings (SSSR count). The van der Waals surface area contributed by atoms with Crippen LogP contribution in [0.25, 0.3) is 0 Å². The Morgan fingerprint density at radius 2 is 1.72 bits per heavy atom. The molecule has 0 aromatic rings. The number of rotatable bonds is 2. The summed E-state index contributed by atoms with van der Waals surface area (Å²) in [5.74, 6) is -5.36. The maximum Gasteiger partial charge on any atom is 0.456 e. The molecule has 0 heterocycles. The Morgan fingerprint density at radius 3 is 2.34 bits per heavy atom. The highest BCUT2D eigenvalue weighted by Gasteiger charge is 2.79. The molecule has 29 heavy (non-hydrogen) atoms. The fourth-order valence-electron chi connectivity index (χ4n) is 7.50. The van der Waals surface area contributed by atoms with Gasteiger partial charge in [0.1, 0.15) is 5.60 Å². The monoisotopic (exact) mass is 440 g/mol. The second kappa shape index (κ2) is 6.65. The van der Waals surface area contributed by atoms with Gasteiger partial charge >= 0.3 is 12.1 Å². The number of hydrogen-bond donors (Lipinski definition) is 1. The first-order valence-corrected chi connectivity index (χ1v) is 10.9. The van der Waals surface area contributed by atoms with Crippen molar-refractivity contribution in [2.45, 2.75) is 82.4 Å². The van der Waals surface area contributed by atoms with Crippen molar-refractivity contribution >= 4 is 17.4 Å². The minimum absolute atomic E-state index is 0.0202. The Kier molecular flexibility index (Phi) is 4.94. The molecule has 8 heteroatoms. The van der Waals surface area contributed by atoms with Gasteiger partial charge in [0.05, 0.1) is 5.03 Å². The van der Waals surface area contributed by atoms with E-state index in [-0.39, 0.29) is 48.7 Å². The molecule has 4 aliphatic rings. The molecule has 0 radical (unpaired) electrons. The summed E-state index contributed by atoms with van der Waals surface area (Å²) < 4.78 is 68.9. The topological polar surface area (TPSA) is 37.3 Å². The zero-order chi connectivity index (χ0) is 21.4. The van der Waals surface area contributed by atoms with E-state index in [0.29, 0.717) is 37.1 Å². The molecule has 0 aromatic carbocycles. The van der Waals surface area contributed by atoms with Crippen LogP contribution in [0.2, 0.25) is 0 Å². The van der Waals surface area contributed by atoms with E-state index in [0.717, 1.165) is 5.57 Å². The lowest BCUT2D eigenvalue weighted by Crippen LogP contribution is -2.66. The van der Waals surface area contributed by atoms with Gasteiger partial charge in [-0.2, -0.15) is 22.0 Å². The molecule has 0 amide bonds. The van der Waals surface area contributed by atoms with Crippen molar-refractivity contribution in [1.82, 2.24) is 0 Å². The molecule has 0 saturated heterocycles. The van der Waals surface area contributed by atoms with Gasteiger partial charge in [0, 0.05) is 11.8 Å². The Morgan fingerprint density at radius 1 is 1.03 bits per heavy atom. The molecule has 3 saturated carbocycles. The van der Waals surface area contributed by atoms with Crippen molar-refractivity contribution in [1.29, 1.82) is 0 Å². The van der Waals surface area contributed by atoms with Gasteiger partial charge in [-0.05, 0) is 80.6 Å². The number of Topliss-reactive ketones (excluding diaryl/α,β-unsaturated/α-hetero) is 1. The van der Waals surface area contributed by atoms with Crippen LogP contribution in [0, 0.1) is 29.1 Å². The van der Waals surface area contributed by atoms with Crippen molar-refractivity contribution in [3.8, 4) is 0 Å². The Labute approximate surface area is 171 Å². The fraction of sp³-hybridized carbons (Fsp3) is 0.857. The summed E-state index contributed by atoms with van der Waals surface area (Å²) in [6, 6.07) is 0. The molecule has 1 unspecified atom stereocenters. The Bertz CT molecular complexity index is 748. The first-order valence-electron chi connectivity index (χ1n) is 10.5. The third kappa shape index (κ3) is 2.65. The third-order valence-electron chi connectivity index (χ3n) is 8.77. The number of aliphatic hydroxyl groups is 1. The van der Waals surface area contributed by atoms with Crippen LogP contribution in [0.4, 0.5) is 22.0 Å². The Hall–Kier alpha value is -0.690. The fourth-order valence-corrected chi connectivity index (χ4v) is 7.83. The molecule has 6 atom stereocenters. The van der Waals surface area contributed by atoms with Crippen molar-refractivity contribution in [2.75, 3.05) is 0 Å². The predicted molar refractivity (Wildman–Crippen MR) is 97.5 cm³/mol. The lowest BCUT2D eigenvalue weighted by Gasteiger charge is -2.58. The van der Waals surface area contributed by atoms with E-state index in [1.807, 2.05) is 0 Å². The van der Waals surface area contributed by atoms with Gasteiger partial charge in [-0.25, -0.2) is 0 Å². The normalized spacial score (nSPS) is 43.1. The minimum atomic E-state index is -5.78. The highest BCUT2D eigenvalue weighted by Crippen LogP contribution is 2.70. The van der Waals surface area contributed by atoms with E-state index in [1.165, 1.54) is 0 Å². The SMILES string of the molecule is CCC12CC[C@H]3[C@@H](CCC4=C(Cl)C(=O)CC[C@@H]43)[C@@H]1CC[C@@]2(O)C(F)(F)C(F)(F)F. The molecule has 2 nitrogen and oxygen atoms in total. The number of carbonyl (C=O) groups is 1. The lowest BCUT2D eigenvalue weighted by atomic mass is 9.48. The quantitative estimate of drug-likeness (QED) is 0.533. The number of halogens is 6. The van der Waals surface area contributed by atoms with Crippen LogP contribution >= 0.6 is 11.6 Å². The highest BCUT2D eigenvalue weighted by molar-refractivity contribution is 6.43. The van der Waals surface area contributed by atoms with E-state index in [1.54, 1.807) is 6.92 Å². The van der Waals surface area contributed by atoms with E-state index in [9.17, 15) is 31.9 Å². The highest BCUT2D eigenvalue weighted by atomic mass is 35.5. The molecule has 0 aliphatic heterocycles. The second-order valence-electron chi connectivity index (χ2n) is 9.40. The average Bonchev–Trinajstić information content (AvgIpc) is 2.98. The first kappa shape index (κ1) is 21.5. The smallest absolute Gasteiger partial charge is 0.383 e. The van der Waals surface area contributed by atoms with Gasteiger partial charge in [0.25, 0.3) is 0 Å². The van der Waals surface area contributed by atoms with Crippen LogP contribution < -0.4 is 0 Å². The molecular formula is C21H26ClF5O2. The van der Waals surface area contributed by atoms with Gasteiger partial charge < -0.3 is 5.11 Å². The number of carbonyl (C=O) groups excluding carboxylic acids is 1. The average molecular weight is 441 g/mol. The van der Waals surface area contributed by atoms with E-state index >= 15 is 0 Å². The first-order chi connectivity index (χ1) is 13.4. The van der Waals surface area contributed by atoms with Gasteiger partial charge in [0.15, 0.2) is 5.78 Å². The molecular weight excluding hydrogens is 415 g/mol. The van der Waals surface area contributed by atoms with E-state index in [2.05, 4.69) is 0 Å². The molecule has 0 aromatic heterocycles. The number of allylic oxidation sites excluding steroid dienone is 1. The maximum atomic E-state index is 14.6. The van der Waals surface area contributed by atoms with Crippen LogP contribution in [0.15, 0.2) is 10.6 Å². The number of ketones is 1. The standard InChI is InChI=1S/C21H26ClF5O2/c1-2-18-9-7-12-11-5-6-16(28)17(22)14(11)4-3-13(12)15(18)8-10-19(18,29)20(23,24)21(25,26)27/h11-13,15,29H,2-10H2,1H3/t11-,12-,13-,15+,18?,19+/m1/s1. The van der Waals surface area contributed by atoms with Crippen molar-refractivity contribution in [2.24, 2.45) is 29.1 Å². The van der Waals surface area contributed by atoms with Gasteiger partial charge in [-0.1, -0.05) is 18.5 Å². The van der Waals surface area contributed by atoms with Crippen molar-refractivity contribution in [3.63, 3.8) is 0 Å². The van der Waals surface area contributed by atoms with Crippen LogP contribution in [-0.4, -0.2) is 28.6 Å². The van der Waals surface area contributed by atoms with Gasteiger partial charge in [-0.15, -0.1) is 0 Å².